The van der Waals surface area contributed by atoms with Gasteiger partial charge in [-0.3, -0.25) is 4.98 Å². The summed E-state index contributed by atoms with van der Waals surface area (Å²) in [7, 11) is 0. The van der Waals surface area contributed by atoms with Crippen LogP contribution in [0.5, 0.6) is 0 Å². The van der Waals surface area contributed by atoms with Gasteiger partial charge in [-0.15, -0.1) is 0 Å². The van der Waals surface area contributed by atoms with Crippen LogP contribution in [0.25, 0.3) is 0 Å². The van der Waals surface area contributed by atoms with Crippen molar-refractivity contribution in [1.82, 2.24) is 4.98 Å². The summed E-state index contributed by atoms with van der Waals surface area (Å²) in [6, 6.07) is 5.40. The molecule has 0 aliphatic carbocycles. The van der Waals surface area contributed by atoms with Gasteiger partial charge in [0, 0.05) is 26.0 Å². The molecule has 1 aromatic heterocycles. The van der Waals surface area contributed by atoms with Gasteiger partial charge in [-0.25, -0.2) is 0 Å². The minimum absolute atomic E-state index is 0.0392. The number of nitrogens with zero attached hydrogens (tertiary/aromatic N) is 1. The molecule has 1 atom stereocenters. The van der Waals surface area contributed by atoms with E-state index >= 15 is 0 Å². The van der Waals surface area contributed by atoms with Crippen LogP contribution in [0.15, 0.2) is 41.1 Å². The summed E-state index contributed by atoms with van der Waals surface area (Å²) in [5.74, 6) is 0. The first-order valence-electron chi connectivity index (χ1n) is 5.52. The summed E-state index contributed by atoms with van der Waals surface area (Å²) < 4.78 is 40.6. The molecule has 0 fully saturated rings. The van der Waals surface area contributed by atoms with Crippen molar-refractivity contribution in [2.45, 2.75) is 12.2 Å². The molecule has 1 unspecified atom stereocenters. The number of aromatic nitrogens is 1. The van der Waals surface area contributed by atoms with Gasteiger partial charge in [-0.1, -0.05) is 15.9 Å². The summed E-state index contributed by atoms with van der Waals surface area (Å²) in [6.45, 7) is 0. The van der Waals surface area contributed by atoms with Gasteiger partial charge in [0.25, 0.3) is 0 Å². The van der Waals surface area contributed by atoms with Crippen LogP contribution in [0.3, 0.4) is 0 Å². The third kappa shape index (κ3) is 3.32. The van der Waals surface area contributed by atoms with E-state index in [0.29, 0.717) is 10.0 Å². The maximum absolute atomic E-state index is 13.0. The third-order valence-corrected chi connectivity index (χ3v) is 4.18. The summed E-state index contributed by atoms with van der Waals surface area (Å²) in [5.41, 5.74) is 5.81. The lowest BCUT2D eigenvalue weighted by atomic mass is 9.97. The van der Waals surface area contributed by atoms with Crippen LogP contribution in [0.1, 0.15) is 22.7 Å². The average Bonchev–Trinajstić information content (AvgIpc) is 2.40. The van der Waals surface area contributed by atoms with E-state index in [9.17, 15) is 13.2 Å². The number of halogens is 5. The van der Waals surface area contributed by atoms with Gasteiger partial charge in [0.2, 0.25) is 0 Å². The van der Waals surface area contributed by atoms with Crippen LogP contribution in [0.4, 0.5) is 13.2 Å². The van der Waals surface area contributed by atoms with Crippen molar-refractivity contribution in [2.75, 3.05) is 0 Å². The van der Waals surface area contributed by atoms with Crippen molar-refractivity contribution in [3.05, 3.63) is 61.4 Å². The normalized spacial score (nSPS) is 13.3. The average molecular weight is 457 g/mol. The molecule has 0 radical (unpaired) electrons. The topological polar surface area (TPSA) is 38.9 Å². The maximum atomic E-state index is 13.0. The first-order chi connectivity index (χ1) is 9.30. The van der Waals surface area contributed by atoms with Crippen LogP contribution in [-0.4, -0.2) is 4.98 Å². The van der Waals surface area contributed by atoms with Gasteiger partial charge in [0.05, 0.1) is 11.6 Å². The monoisotopic (exact) mass is 456 g/mol. The summed E-state index contributed by atoms with van der Waals surface area (Å²) in [4.78, 5) is 3.76. The Morgan fingerprint density at radius 2 is 1.90 bits per heavy atom. The lowest BCUT2D eigenvalue weighted by molar-refractivity contribution is -0.138. The van der Waals surface area contributed by atoms with E-state index < -0.39 is 17.8 Å². The molecule has 1 aromatic carbocycles. The fourth-order valence-electron chi connectivity index (χ4n) is 1.83. The van der Waals surface area contributed by atoms with Crippen LogP contribution >= 0.6 is 38.5 Å². The second-order valence-electron chi connectivity index (χ2n) is 4.10. The Kier molecular flexibility index (Phi) is 4.70. The van der Waals surface area contributed by atoms with Gasteiger partial charge < -0.3 is 5.73 Å². The van der Waals surface area contributed by atoms with Crippen LogP contribution in [0, 0.1) is 3.57 Å². The van der Waals surface area contributed by atoms with Crippen LogP contribution in [0.2, 0.25) is 0 Å². The predicted molar refractivity (Wildman–Crippen MR) is 82.1 cm³/mol. The molecule has 1 heterocycles. The molecule has 106 valence electrons. The van der Waals surface area contributed by atoms with E-state index in [2.05, 4.69) is 43.5 Å². The second-order valence-corrected chi connectivity index (χ2v) is 6.20. The van der Waals surface area contributed by atoms with E-state index in [-0.39, 0.29) is 5.56 Å². The van der Waals surface area contributed by atoms with E-state index in [1.807, 2.05) is 6.07 Å². The zero-order chi connectivity index (χ0) is 14.9. The van der Waals surface area contributed by atoms with Gasteiger partial charge >= 0.3 is 6.18 Å². The van der Waals surface area contributed by atoms with Crippen LogP contribution in [-0.2, 0) is 6.18 Å². The van der Waals surface area contributed by atoms with Gasteiger partial charge in [0.1, 0.15) is 0 Å². The molecule has 0 amide bonds. The van der Waals surface area contributed by atoms with E-state index in [0.717, 1.165) is 15.8 Å². The Labute approximate surface area is 135 Å². The van der Waals surface area contributed by atoms with E-state index in [1.165, 1.54) is 6.20 Å². The zero-order valence-corrected chi connectivity index (χ0v) is 13.7. The third-order valence-electron chi connectivity index (χ3n) is 2.79. The summed E-state index contributed by atoms with van der Waals surface area (Å²) in [5, 5.41) is 0. The maximum Gasteiger partial charge on any atom is 0.416 e. The lowest BCUT2D eigenvalue weighted by Crippen LogP contribution is -2.19. The summed E-state index contributed by atoms with van der Waals surface area (Å²) >= 11 is 5.40. The molecular weight excluding hydrogens is 448 g/mol. The molecule has 0 saturated heterocycles. The zero-order valence-electron chi connectivity index (χ0n) is 9.96. The fraction of sp³-hybridized carbons (Fsp3) is 0.154. The molecule has 0 spiro atoms. The first-order valence-corrected chi connectivity index (χ1v) is 7.39. The van der Waals surface area contributed by atoms with Gasteiger partial charge in [-0.2, -0.15) is 13.2 Å². The highest BCUT2D eigenvalue weighted by Crippen LogP contribution is 2.37. The highest BCUT2D eigenvalue weighted by molar-refractivity contribution is 14.1. The quantitative estimate of drug-likeness (QED) is 0.675. The minimum atomic E-state index is -4.45. The van der Waals surface area contributed by atoms with Crippen molar-refractivity contribution in [3.63, 3.8) is 0 Å². The number of nitrogens with two attached hydrogens (primary N) is 1. The van der Waals surface area contributed by atoms with Crippen molar-refractivity contribution >= 4 is 38.5 Å². The van der Waals surface area contributed by atoms with Crippen LogP contribution < -0.4 is 5.73 Å². The second kappa shape index (κ2) is 5.98. The highest BCUT2D eigenvalue weighted by Gasteiger charge is 2.35. The Balaban J connectivity index is 2.54. The minimum Gasteiger partial charge on any atom is -0.320 e. The number of benzene rings is 1. The molecule has 0 aliphatic rings. The predicted octanol–water partition coefficient (Wildman–Crippen LogP) is 4.52. The molecule has 2 rings (SSSR count). The molecule has 0 saturated carbocycles. The Bertz CT molecular complexity index is 631. The van der Waals surface area contributed by atoms with Crippen molar-refractivity contribution in [2.24, 2.45) is 5.73 Å². The molecule has 0 aliphatic heterocycles. The molecule has 2 aromatic rings. The Morgan fingerprint density at radius 3 is 2.55 bits per heavy atom. The first kappa shape index (κ1) is 15.7. The SMILES string of the molecule is NC(c1cc(I)ccc1Br)c1cnccc1C(F)(F)F. The van der Waals surface area contributed by atoms with E-state index in [4.69, 9.17) is 5.73 Å². The number of hydrogen-bond acceptors (Lipinski definition) is 2. The lowest BCUT2D eigenvalue weighted by Gasteiger charge is -2.19. The van der Waals surface area contributed by atoms with E-state index in [1.54, 1.807) is 12.1 Å². The molecule has 2 N–H and O–H groups in total. The number of alkyl halides is 3. The smallest absolute Gasteiger partial charge is 0.320 e. The molecule has 0 bridgehead atoms. The molecular formula is C13H9BrF3IN2. The molecule has 7 heteroatoms. The number of hydrogen-bond donors (Lipinski definition) is 1. The van der Waals surface area contributed by atoms with Crippen molar-refractivity contribution in [3.8, 4) is 0 Å². The summed E-state index contributed by atoms with van der Waals surface area (Å²) in [6.07, 6.45) is -2.17. The number of pyridine rings is 1. The van der Waals surface area contributed by atoms with Gasteiger partial charge in [-0.05, 0) is 52.4 Å². The Morgan fingerprint density at radius 1 is 1.20 bits per heavy atom. The standard InChI is InChI=1S/C13H9BrF3IN2/c14-11-2-1-7(18)5-8(11)12(19)9-6-20-4-3-10(9)13(15,16)17/h1-6,12H,19H2. The molecule has 20 heavy (non-hydrogen) atoms. The largest absolute Gasteiger partial charge is 0.416 e. The molecule has 2 nitrogen and oxygen atoms in total. The Hall–Kier alpha value is -0.670. The fourth-order valence-corrected chi connectivity index (χ4v) is 2.84. The van der Waals surface area contributed by atoms with Crippen molar-refractivity contribution in [1.29, 1.82) is 0 Å². The highest BCUT2D eigenvalue weighted by atomic mass is 127. The van der Waals surface area contributed by atoms with Crippen molar-refractivity contribution < 1.29 is 13.2 Å². The van der Waals surface area contributed by atoms with Gasteiger partial charge in [0.15, 0.2) is 0 Å². The number of rotatable bonds is 2.